The molecule has 0 aliphatic rings. The Hall–Kier alpha value is -3.78. The highest BCUT2D eigenvalue weighted by atomic mass is 32.2. The summed E-state index contributed by atoms with van der Waals surface area (Å²) < 4.78 is 11.3. The van der Waals surface area contributed by atoms with Gasteiger partial charge in [0.05, 0.1) is 23.6 Å². The lowest BCUT2D eigenvalue weighted by atomic mass is 10.1. The van der Waals surface area contributed by atoms with E-state index in [2.05, 4.69) is 5.32 Å². The van der Waals surface area contributed by atoms with E-state index in [4.69, 9.17) is 15.2 Å². The number of ether oxygens (including phenoxy) is 2. The first kappa shape index (κ1) is 23.9. The molecule has 3 aromatic rings. The number of amides is 2. The first-order chi connectivity index (χ1) is 16.0. The summed E-state index contributed by atoms with van der Waals surface area (Å²) in [5.74, 6) is -1.19. The van der Waals surface area contributed by atoms with Crippen LogP contribution in [0.1, 0.15) is 28.9 Å². The summed E-state index contributed by atoms with van der Waals surface area (Å²) in [6.07, 6.45) is -1.21. The van der Waals surface area contributed by atoms with Crippen LogP contribution in [0.3, 0.4) is 0 Å². The number of carbonyl (C=O) groups is 3. The van der Waals surface area contributed by atoms with Gasteiger partial charge < -0.3 is 20.5 Å². The lowest BCUT2D eigenvalue weighted by Gasteiger charge is -2.20. The minimum Gasteiger partial charge on any atom is -0.492 e. The minimum atomic E-state index is -1.21. The number of carbonyl (C=O) groups excluding carboxylic acids is 3. The van der Waals surface area contributed by atoms with Crippen molar-refractivity contribution in [3.8, 4) is 5.75 Å². The topological polar surface area (TPSA) is 108 Å². The molecule has 170 valence electrons. The van der Waals surface area contributed by atoms with Gasteiger partial charge in [-0.15, -0.1) is 11.8 Å². The fourth-order valence-electron chi connectivity index (χ4n) is 3.03. The molecule has 1 atom stereocenters. The molecule has 3 aromatic carbocycles. The van der Waals surface area contributed by atoms with Crippen LogP contribution < -0.4 is 15.8 Å². The van der Waals surface area contributed by atoms with Crippen LogP contribution in [0.2, 0.25) is 0 Å². The van der Waals surface area contributed by atoms with Crippen molar-refractivity contribution in [1.82, 2.24) is 0 Å². The van der Waals surface area contributed by atoms with Gasteiger partial charge in [-0.25, -0.2) is 4.79 Å². The van der Waals surface area contributed by atoms with E-state index in [0.717, 1.165) is 11.8 Å². The third-order valence-electron chi connectivity index (χ3n) is 4.49. The lowest BCUT2D eigenvalue weighted by Crippen LogP contribution is -2.26. The molecule has 0 heterocycles. The molecule has 0 saturated carbocycles. The Morgan fingerprint density at radius 3 is 2.33 bits per heavy atom. The molecule has 0 aromatic heterocycles. The van der Waals surface area contributed by atoms with Crippen LogP contribution in [0.5, 0.6) is 5.75 Å². The largest absolute Gasteiger partial charge is 0.492 e. The smallest absolute Gasteiger partial charge is 0.340 e. The lowest BCUT2D eigenvalue weighted by molar-refractivity contribution is -0.125. The molecule has 1 unspecified atom stereocenters. The van der Waals surface area contributed by atoms with Gasteiger partial charge in [0.2, 0.25) is 12.0 Å². The highest BCUT2D eigenvalue weighted by Crippen LogP contribution is 2.29. The normalized spacial score (nSPS) is 11.3. The number of para-hydroxylation sites is 2. The monoisotopic (exact) mass is 464 g/mol. The van der Waals surface area contributed by atoms with Gasteiger partial charge in [-0.05, 0) is 31.2 Å². The molecule has 0 spiro atoms. The summed E-state index contributed by atoms with van der Waals surface area (Å²) in [5.41, 5.74) is 6.46. The maximum atomic E-state index is 13.2. The van der Waals surface area contributed by atoms with E-state index >= 15 is 0 Å². The quantitative estimate of drug-likeness (QED) is 0.344. The van der Waals surface area contributed by atoms with E-state index in [1.54, 1.807) is 78.9 Å². The second-order valence-corrected chi connectivity index (χ2v) is 7.88. The Labute approximate surface area is 196 Å². The van der Waals surface area contributed by atoms with Crippen LogP contribution in [0.4, 0.5) is 5.69 Å². The van der Waals surface area contributed by atoms with Gasteiger partial charge in [-0.3, -0.25) is 9.59 Å². The first-order valence-electron chi connectivity index (χ1n) is 10.3. The van der Waals surface area contributed by atoms with Gasteiger partial charge in [0.1, 0.15) is 5.75 Å². The zero-order chi connectivity index (χ0) is 23.6. The van der Waals surface area contributed by atoms with E-state index in [-0.39, 0.29) is 11.3 Å². The Morgan fingerprint density at radius 2 is 1.61 bits per heavy atom. The second kappa shape index (κ2) is 11.7. The van der Waals surface area contributed by atoms with E-state index in [0.29, 0.717) is 28.5 Å². The maximum absolute atomic E-state index is 13.2. The standard InChI is InChI=1S/C25H24N2O5S/c1-2-31-20-14-8-7-13-19(20)27-24(29)23(17-10-4-3-5-11-17)32-25(30)18-12-6-9-15-21(18)33-16-22(26)28/h3-15,23H,2,16H2,1H3,(H2,26,28)(H,27,29). The average Bonchev–Trinajstić information content (AvgIpc) is 2.83. The average molecular weight is 465 g/mol. The van der Waals surface area contributed by atoms with Gasteiger partial charge in [-0.2, -0.15) is 0 Å². The molecular weight excluding hydrogens is 440 g/mol. The fourth-order valence-corrected chi connectivity index (χ4v) is 3.81. The highest BCUT2D eigenvalue weighted by Gasteiger charge is 2.27. The molecule has 0 aliphatic heterocycles. The molecule has 3 N–H and O–H groups in total. The second-order valence-electron chi connectivity index (χ2n) is 6.87. The molecule has 0 fully saturated rings. The van der Waals surface area contributed by atoms with Crippen LogP contribution in [-0.4, -0.2) is 30.1 Å². The third-order valence-corrected chi connectivity index (χ3v) is 5.58. The van der Waals surface area contributed by atoms with E-state index < -0.39 is 23.9 Å². The van der Waals surface area contributed by atoms with Crippen molar-refractivity contribution in [2.75, 3.05) is 17.7 Å². The molecule has 0 saturated heterocycles. The predicted octanol–water partition coefficient (Wildman–Crippen LogP) is 4.20. The molecular formula is C25H24N2O5S. The molecule has 3 rings (SSSR count). The van der Waals surface area contributed by atoms with E-state index in [9.17, 15) is 14.4 Å². The molecule has 0 bridgehead atoms. The molecule has 0 aliphatic carbocycles. The van der Waals surface area contributed by atoms with Gasteiger partial charge in [-0.1, -0.05) is 54.6 Å². The van der Waals surface area contributed by atoms with E-state index in [1.807, 2.05) is 6.92 Å². The third kappa shape index (κ3) is 6.60. The Morgan fingerprint density at radius 1 is 0.939 bits per heavy atom. The van der Waals surface area contributed by atoms with Crippen molar-refractivity contribution in [2.45, 2.75) is 17.9 Å². The summed E-state index contributed by atoms with van der Waals surface area (Å²) in [5, 5.41) is 2.80. The number of hydrogen-bond acceptors (Lipinski definition) is 6. The van der Waals surface area contributed by atoms with Crippen LogP contribution in [0, 0.1) is 0 Å². The summed E-state index contributed by atoms with van der Waals surface area (Å²) in [6, 6.07) is 22.5. The zero-order valence-electron chi connectivity index (χ0n) is 18.0. The first-order valence-corrected chi connectivity index (χ1v) is 11.3. The fraction of sp³-hybridized carbons (Fsp3) is 0.160. The van der Waals surface area contributed by atoms with Gasteiger partial charge in [0.15, 0.2) is 0 Å². The predicted molar refractivity (Wildman–Crippen MR) is 127 cm³/mol. The Kier molecular flexibility index (Phi) is 8.49. The molecule has 2 amide bonds. The maximum Gasteiger partial charge on any atom is 0.340 e. The molecule has 0 radical (unpaired) electrons. The molecule has 7 nitrogen and oxygen atoms in total. The number of nitrogens with one attached hydrogen (secondary N) is 1. The van der Waals surface area contributed by atoms with Crippen LogP contribution in [0.15, 0.2) is 83.8 Å². The van der Waals surface area contributed by atoms with Gasteiger partial charge in [0.25, 0.3) is 5.91 Å². The highest BCUT2D eigenvalue weighted by molar-refractivity contribution is 8.00. The summed E-state index contributed by atoms with van der Waals surface area (Å²) in [6.45, 7) is 2.28. The minimum absolute atomic E-state index is 0.0150. The number of nitrogens with two attached hydrogens (primary N) is 1. The van der Waals surface area contributed by atoms with Crippen molar-refractivity contribution in [3.05, 3.63) is 90.0 Å². The zero-order valence-corrected chi connectivity index (χ0v) is 18.8. The van der Waals surface area contributed by atoms with Crippen molar-refractivity contribution in [1.29, 1.82) is 0 Å². The SMILES string of the molecule is CCOc1ccccc1NC(=O)C(OC(=O)c1ccccc1SCC(N)=O)c1ccccc1. The number of thioether (sulfide) groups is 1. The molecule has 33 heavy (non-hydrogen) atoms. The van der Waals surface area contributed by atoms with Crippen LogP contribution in [0.25, 0.3) is 0 Å². The summed E-state index contributed by atoms with van der Waals surface area (Å²) >= 11 is 1.13. The number of esters is 1. The van der Waals surface area contributed by atoms with E-state index in [1.165, 1.54) is 0 Å². The van der Waals surface area contributed by atoms with Crippen molar-refractivity contribution in [3.63, 3.8) is 0 Å². The van der Waals surface area contributed by atoms with Crippen molar-refractivity contribution in [2.24, 2.45) is 5.73 Å². The number of primary amides is 1. The number of hydrogen-bond donors (Lipinski definition) is 2. The van der Waals surface area contributed by atoms with Crippen LogP contribution in [-0.2, 0) is 14.3 Å². The number of benzene rings is 3. The summed E-state index contributed by atoms with van der Waals surface area (Å²) in [4.78, 5) is 38.0. The van der Waals surface area contributed by atoms with Crippen molar-refractivity contribution >= 4 is 35.2 Å². The Balaban J connectivity index is 1.87. The van der Waals surface area contributed by atoms with Crippen LogP contribution >= 0.6 is 11.8 Å². The summed E-state index contributed by atoms with van der Waals surface area (Å²) in [7, 11) is 0. The molecule has 8 heteroatoms. The Bertz CT molecular complexity index is 1120. The van der Waals surface area contributed by atoms with Gasteiger partial charge in [0, 0.05) is 10.5 Å². The number of anilines is 1. The van der Waals surface area contributed by atoms with Gasteiger partial charge >= 0.3 is 5.97 Å². The van der Waals surface area contributed by atoms with Crippen molar-refractivity contribution < 1.29 is 23.9 Å². The number of rotatable bonds is 10.